The Morgan fingerprint density at radius 1 is 1.44 bits per heavy atom. The van der Waals surface area contributed by atoms with Crippen molar-refractivity contribution >= 4 is 11.6 Å². The molecule has 0 spiro atoms. The van der Waals surface area contributed by atoms with E-state index in [0.717, 1.165) is 19.4 Å². The summed E-state index contributed by atoms with van der Waals surface area (Å²) in [6, 6.07) is 4.36. The number of nitrogens with zero attached hydrogens (tertiary/aromatic N) is 1. The van der Waals surface area contributed by atoms with Crippen molar-refractivity contribution < 1.29 is 8.81 Å². The summed E-state index contributed by atoms with van der Waals surface area (Å²) in [6.45, 7) is 0.892. The predicted molar refractivity (Wildman–Crippen MR) is 69.2 cm³/mol. The molecular weight excluding hydrogens is 255 g/mol. The predicted octanol–water partition coefficient (Wildman–Crippen LogP) is 3.29. The molecule has 0 fully saturated rings. The van der Waals surface area contributed by atoms with Crippen LogP contribution < -0.4 is 5.32 Å². The van der Waals surface area contributed by atoms with Crippen molar-refractivity contribution in [3.8, 4) is 11.3 Å². The standard InChI is InChI=1S/C13H14ClFN2O/c1-16-6-2-3-13-17-8-12(18-13)10-7-9(14)4-5-11(10)15/h4-5,7-8,16H,2-3,6H2,1H3. The van der Waals surface area contributed by atoms with E-state index in [1.807, 2.05) is 7.05 Å². The molecule has 1 aromatic carbocycles. The van der Waals surface area contributed by atoms with Gasteiger partial charge in [0.2, 0.25) is 0 Å². The van der Waals surface area contributed by atoms with Gasteiger partial charge in [-0.3, -0.25) is 0 Å². The number of hydrogen-bond donors (Lipinski definition) is 1. The highest BCUT2D eigenvalue weighted by Gasteiger charge is 2.11. The number of rotatable bonds is 5. The van der Waals surface area contributed by atoms with Crippen LogP contribution in [0.25, 0.3) is 11.3 Å². The molecule has 1 aromatic heterocycles. The molecule has 1 N–H and O–H groups in total. The lowest BCUT2D eigenvalue weighted by atomic mass is 10.2. The zero-order valence-corrected chi connectivity index (χ0v) is 10.8. The zero-order valence-electron chi connectivity index (χ0n) is 10.0. The van der Waals surface area contributed by atoms with E-state index in [-0.39, 0.29) is 5.82 Å². The van der Waals surface area contributed by atoms with Crippen LogP contribution >= 0.6 is 11.6 Å². The number of oxazole rings is 1. The molecule has 0 aliphatic heterocycles. The van der Waals surface area contributed by atoms with E-state index in [4.69, 9.17) is 16.0 Å². The molecule has 0 saturated heterocycles. The van der Waals surface area contributed by atoms with Gasteiger partial charge in [0.1, 0.15) is 5.82 Å². The van der Waals surface area contributed by atoms with E-state index >= 15 is 0 Å². The van der Waals surface area contributed by atoms with Crippen LogP contribution in [0.5, 0.6) is 0 Å². The zero-order chi connectivity index (χ0) is 13.0. The SMILES string of the molecule is CNCCCc1ncc(-c2cc(Cl)ccc2F)o1. The quantitative estimate of drug-likeness (QED) is 0.846. The van der Waals surface area contributed by atoms with Gasteiger partial charge in [-0.2, -0.15) is 0 Å². The van der Waals surface area contributed by atoms with E-state index < -0.39 is 0 Å². The third-order valence-electron chi connectivity index (χ3n) is 2.56. The second-order valence-corrected chi connectivity index (χ2v) is 4.39. The Bertz CT molecular complexity index is 527. The normalized spacial score (nSPS) is 10.8. The Balaban J connectivity index is 2.16. The first-order chi connectivity index (χ1) is 8.70. The van der Waals surface area contributed by atoms with Crippen LogP contribution in [0.4, 0.5) is 4.39 Å². The van der Waals surface area contributed by atoms with Crippen LogP contribution in [-0.2, 0) is 6.42 Å². The van der Waals surface area contributed by atoms with Gasteiger partial charge in [-0.25, -0.2) is 9.37 Å². The molecule has 0 unspecified atom stereocenters. The summed E-state index contributed by atoms with van der Waals surface area (Å²) in [7, 11) is 1.89. The van der Waals surface area contributed by atoms with Crippen LogP contribution in [0.3, 0.4) is 0 Å². The van der Waals surface area contributed by atoms with Gasteiger partial charge in [0, 0.05) is 11.4 Å². The lowest BCUT2D eigenvalue weighted by molar-refractivity contribution is 0.492. The molecule has 0 amide bonds. The third-order valence-corrected chi connectivity index (χ3v) is 2.80. The summed E-state index contributed by atoms with van der Waals surface area (Å²) >= 11 is 5.84. The van der Waals surface area contributed by atoms with Gasteiger partial charge < -0.3 is 9.73 Å². The second-order valence-electron chi connectivity index (χ2n) is 3.95. The molecule has 96 valence electrons. The lowest BCUT2D eigenvalue weighted by Crippen LogP contribution is -2.08. The monoisotopic (exact) mass is 268 g/mol. The largest absolute Gasteiger partial charge is 0.441 e. The van der Waals surface area contributed by atoms with Crippen molar-refractivity contribution in [1.82, 2.24) is 10.3 Å². The van der Waals surface area contributed by atoms with Crippen molar-refractivity contribution in [2.45, 2.75) is 12.8 Å². The Kier molecular flexibility index (Phi) is 4.33. The minimum absolute atomic E-state index is 0.342. The maximum Gasteiger partial charge on any atom is 0.194 e. The Labute approximate surface area is 110 Å². The first-order valence-electron chi connectivity index (χ1n) is 5.75. The molecule has 2 rings (SSSR count). The topological polar surface area (TPSA) is 38.1 Å². The summed E-state index contributed by atoms with van der Waals surface area (Å²) in [5, 5.41) is 3.52. The Morgan fingerprint density at radius 3 is 3.06 bits per heavy atom. The smallest absolute Gasteiger partial charge is 0.194 e. The second kappa shape index (κ2) is 5.98. The van der Waals surface area contributed by atoms with Crippen LogP contribution in [0, 0.1) is 5.82 Å². The number of hydrogen-bond acceptors (Lipinski definition) is 3. The van der Waals surface area contributed by atoms with Gasteiger partial charge in [0.15, 0.2) is 11.7 Å². The number of nitrogens with one attached hydrogen (secondary N) is 1. The highest BCUT2D eigenvalue weighted by molar-refractivity contribution is 6.30. The van der Waals surface area contributed by atoms with Gasteiger partial charge in [-0.15, -0.1) is 0 Å². The first kappa shape index (κ1) is 13.1. The van der Waals surface area contributed by atoms with Crippen molar-refractivity contribution in [3.63, 3.8) is 0 Å². The van der Waals surface area contributed by atoms with E-state index in [9.17, 15) is 4.39 Å². The minimum atomic E-state index is -0.364. The van der Waals surface area contributed by atoms with E-state index in [1.165, 1.54) is 24.4 Å². The minimum Gasteiger partial charge on any atom is -0.441 e. The van der Waals surface area contributed by atoms with Crippen LogP contribution in [0.2, 0.25) is 5.02 Å². The summed E-state index contributed by atoms with van der Waals surface area (Å²) in [4.78, 5) is 4.13. The highest BCUT2D eigenvalue weighted by Crippen LogP contribution is 2.26. The molecule has 5 heteroatoms. The van der Waals surface area contributed by atoms with Crippen molar-refractivity contribution in [1.29, 1.82) is 0 Å². The van der Waals surface area contributed by atoms with Crippen LogP contribution in [0.15, 0.2) is 28.8 Å². The molecule has 2 aromatic rings. The number of benzene rings is 1. The molecule has 0 aliphatic carbocycles. The fourth-order valence-corrected chi connectivity index (χ4v) is 1.83. The maximum atomic E-state index is 13.6. The first-order valence-corrected chi connectivity index (χ1v) is 6.13. The van der Waals surface area contributed by atoms with E-state index in [0.29, 0.717) is 22.2 Å². The summed E-state index contributed by atoms with van der Waals surface area (Å²) in [6.07, 6.45) is 3.18. The maximum absolute atomic E-state index is 13.6. The van der Waals surface area contributed by atoms with Crippen LogP contribution in [0.1, 0.15) is 12.3 Å². The molecule has 18 heavy (non-hydrogen) atoms. The van der Waals surface area contributed by atoms with Gasteiger partial charge in [-0.05, 0) is 38.2 Å². The average molecular weight is 269 g/mol. The molecule has 0 radical (unpaired) electrons. The van der Waals surface area contributed by atoms with E-state index in [1.54, 1.807) is 0 Å². The lowest BCUT2D eigenvalue weighted by Gasteiger charge is -1.99. The van der Waals surface area contributed by atoms with Gasteiger partial charge >= 0.3 is 0 Å². The highest BCUT2D eigenvalue weighted by atomic mass is 35.5. The molecule has 0 saturated carbocycles. The Hall–Kier alpha value is -1.39. The van der Waals surface area contributed by atoms with Gasteiger partial charge in [0.05, 0.1) is 11.8 Å². The van der Waals surface area contributed by atoms with E-state index in [2.05, 4.69) is 10.3 Å². The fraction of sp³-hybridized carbons (Fsp3) is 0.308. The summed E-state index contributed by atoms with van der Waals surface area (Å²) < 4.78 is 19.1. The van der Waals surface area contributed by atoms with Crippen molar-refractivity contribution in [2.24, 2.45) is 0 Å². The third kappa shape index (κ3) is 3.09. The molecule has 0 bridgehead atoms. The molecule has 0 atom stereocenters. The number of halogens is 2. The molecule has 1 heterocycles. The number of aromatic nitrogens is 1. The molecular formula is C13H14ClFN2O. The number of aryl methyl sites for hydroxylation is 1. The van der Waals surface area contributed by atoms with Crippen molar-refractivity contribution in [3.05, 3.63) is 41.1 Å². The Morgan fingerprint density at radius 2 is 2.28 bits per heavy atom. The van der Waals surface area contributed by atoms with Crippen molar-refractivity contribution in [2.75, 3.05) is 13.6 Å². The molecule has 3 nitrogen and oxygen atoms in total. The fourth-order valence-electron chi connectivity index (χ4n) is 1.65. The summed E-state index contributed by atoms with van der Waals surface area (Å²) in [5.74, 6) is 0.659. The van der Waals surface area contributed by atoms with Gasteiger partial charge in [0.25, 0.3) is 0 Å². The summed E-state index contributed by atoms with van der Waals surface area (Å²) in [5.41, 5.74) is 0.342. The van der Waals surface area contributed by atoms with Gasteiger partial charge in [-0.1, -0.05) is 11.6 Å². The average Bonchev–Trinajstić information content (AvgIpc) is 2.81. The van der Waals surface area contributed by atoms with Crippen LogP contribution in [-0.4, -0.2) is 18.6 Å². The molecule has 0 aliphatic rings.